The maximum atomic E-state index is 13.4. The topological polar surface area (TPSA) is 88.0 Å². The molecule has 35 heavy (non-hydrogen) atoms. The molecule has 0 radical (unpaired) electrons. The van der Waals surface area contributed by atoms with Crippen molar-refractivity contribution in [3.63, 3.8) is 0 Å². The van der Waals surface area contributed by atoms with Crippen molar-refractivity contribution < 1.29 is 4.79 Å². The number of nitrogens with zero attached hydrogens (tertiary/aromatic N) is 4. The summed E-state index contributed by atoms with van der Waals surface area (Å²) in [6.07, 6.45) is 3.19. The highest BCUT2D eigenvalue weighted by Crippen LogP contribution is 2.59. The Hall–Kier alpha value is -3.45. The predicted octanol–water partition coefficient (Wildman–Crippen LogP) is 5.77. The third kappa shape index (κ3) is 3.84. The minimum absolute atomic E-state index is 0.110. The summed E-state index contributed by atoms with van der Waals surface area (Å²) in [5.41, 5.74) is 6.07. The lowest BCUT2D eigenvalue weighted by Gasteiger charge is -2.39. The van der Waals surface area contributed by atoms with E-state index >= 15 is 0 Å². The molecule has 0 spiro atoms. The molecule has 1 saturated carbocycles. The minimum Gasteiger partial charge on any atom is -0.342 e. The van der Waals surface area contributed by atoms with Crippen LogP contribution in [0.3, 0.4) is 0 Å². The highest BCUT2D eigenvalue weighted by Gasteiger charge is 2.57. The number of para-hydroxylation sites is 3. The number of aromatic amines is 1. The molecule has 1 aliphatic rings. The molecule has 5 rings (SSSR count). The van der Waals surface area contributed by atoms with Crippen LogP contribution in [0.1, 0.15) is 56.6 Å². The van der Waals surface area contributed by atoms with Crippen LogP contribution in [-0.2, 0) is 4.79 Å². The summed E-state index contributed by atoms with van der Waals surface area (Å²) in [4.78, 5) is 21.7. The van der Waals surface area contributed by atoms with E-state index in [1.807, 2.05) is 68.4 Å². The number of amides is 1. The number of hydrogen-bond acceptors (Lipinski definition) is 4. The van der Waals surface area contributed by atoms with E-state index in [9.17, 15) is 4.79 Å². The largest absolute Gasteiger partial charge is 0.342 e. The quantitative estimate of drug-likeness (QED) is 0.276. The van der Waals surface area contributed by atoms with Crippen molar-refractivity contribution in [2.24, 2.45) is 15.9 Å². The Morgan fingerprint density at radius 2 is 1.89 bits per heavy atom. The molecule has 0 unspecified atom stereocenters. The van der Waals surface area contributed by atoms with Crippen LogP contribution in [-0.4, -0.2) is 31.9 Å². The molecule has 1 amide bonds. The minimum atomic E-state index is -0.610. The first kappa shape index (κ1) is 23.3. The fourth-order valence-electron chi connectivity index (χ4n) is 5.20. The lowest BCUT2D eigenvalue weighted by Crippen LogP contribution is -2.45. The Morgan fingerprint density at radius 1 is 1.17 bits per heavy atom. The van der Waals surface area contributed by atoms with E-state index in [0.29, 0.717) is 10.7 Å². The van der Waals surface area contributed by atoms with Crippen LogP contribution in [0.15, 0.2) is 59.7 Å². The molecule has 8 heteroatoms. The Balaban J connectivity index is 1.34. The molecule has 0 bridgehead atoms. The number of rotatable bonds is 5. The molecule has 2 aromatic carbocycles. The molecule has 2 N–H and O–H groups in total. The van der Waals surface area contributed by atoms with Crippen LogP contribution in [0, 0.1) is 17.8 Å². The Labute approximate surface area is 209 Å². The van der Waals surface area contributed by atoms with Crippen molar-refractivity contribution in [3.8, 4) is 5.69 Å². The fraction of sp³-hybridized carbons (Fsp3) is 0.333. The van der Waals surface area contributed by atoms with Gasteiger partial charge in [0.1, 0.15) is 11.0 Å². The fourth-order valence-corrected chi connectivity index (χ4v) is 5.52. The van der Waals surface area contributed by atoms with Gasteiger partial charge in [-0.25, -0.2) is 15.1 Å². The summed E-state index contributed by atoms with van der Waals surface area (Å²) < 4.78 is 1.67. The molecular weight excluding hydrogens is 460 g/mol. The van der Waals surface area contributed by atoms with Gasteiger partial charge in [0.2, 0.25) is 5.91 Å². The number of fused-ring (bicyclic) bond motifs is 1. The van der Waals surface area contributed by atoms with Gasteiger partial charge in [-0.1, -0.05) is 62.7 Å². The lowest BCUT2D eigenvalue weighted by molar-refractivity contribution is -0.135. The monoisotopic (exact) mass is 488 g/mol. The van der Waals surface area contributed by atoms with E-state index in [4.69, 9.17) is 16.6 Å². The molecule has 0 saturated heterocycles. The van der Waals surface area contributed by atoms with Crippen molar-refractivity contribution in [2.75, 3.05) is 0 Å². The number of hydrogen-bond donors (Lipinski definition) is 2. The number of hydrazone groups is 1. The highest BCUT2D eigenvalue weighted by molar-refractivity contribution is 6.32. The summed E-state index contributed by atoms with van der Waals surface area (Å²) in [5.74, 6) is 0.962. The smallest absolute Gasteiger partial charge is 0.246 e. The van der Waals surface area contributed by atoms with Gasteiger partial charge >= 0.3 is 0 Å². The molecule has 0 aliphatic heterocycles. The second-order valence-electron chi connectivity index (χ2n) is 10.0. The number of halogens is 1. The number of carbonyl (C=O) groups is 1. The molecule has 2 aromatic heterocycles. The summed E-state index contributed by atoms with van der Waals surface area (Å²) in [5, 5.41) is 9.24. The van der Waals surface area contributed by atoms with E-state index in [2.05, 4.69) is 34.5 Å². The van der Waals surface area contributed by atoms with Gasteiger partial charge in [0, 0.05) is 5.92 Å². The van der Waals surface area contributed by atoms with Gasteiger partial charge in [-0.2, -0.15) is 10.2 Å². The second kappa shape index (κ2) is 8.64. The van der Waals surface area contributed by atoms with Gasteiger partial charge in [0.05, 0.1) is 39.6 Å². The molecule has 4 aromatic rings. The summed E-state index contributed by atoms with van der Waals surface area (Å²) >= 11 is 6.59. The van der Waals surface area contributed by atoms with Gasteiger partial charge in [-0.05, 0) is 49.4 Å². The highest BCUT2D eigenvalue weighted by atomic mass is 35.5. The zero-order valence-electron chi connectivity index (χ0n) is 20.3. The average molecular weight is 489 g/mol. The molecular formula is C27H29ClN6O. The van der Waals surface area contributed by atoms with Crippen molar-refractivity contribution in [2.45, 2.75) is 46.5 Å². The van der Waals surface area contributed by atoms with Gasteiger partial charge in [0.15, 0.2) is 0 Å². The first-order valence-corrected chi connectivity index (χ1v) is 12.2. The number of benzene rings is 2. The number of carbonyl (C=O) groups excluding carboxylic acids is 1. The zero-order chi connectivity index (χ0) is 24.8. The summed E-state index contributed by atoms with van der Waals surface area (Å²) in [7, 11) is 0. The normalized spacial score (nSPS) is 21.7. The number of imidazole rings is 1. The maximum absolute atomic E-state index is 13.4. The number of H-pyrrole nitrogens is 1. The van der Waals surface area contributed by atoms with E-state index in [1.165, 1.54) is 0 Å². The van der Waals surface area contributed by atoms with Crippen LogP contribution in [0.25, 0.3) is 16.7 Å². The standard InChI is InChI=1S/C27H29ClN6O/c1-17-19(23(28)34(33-17)18-10-6-5-7-11-18)16-29-32-25(35)27(4)15-14-20(26(27,2)3)24-30-21-12-8-9-13-22(21)31-24/h5-13,16,20H,14-15H2,1-4H3,(H,30,31)(H,32,35)/b29-16-/t20-,27+/m1/s1. The first-order chi connectivity index (χ1) is 16.7. The van der Waals surface area contributed by atoms with Crippen LogP contribution in [0.5, 0.6) is 0 Å². The van der Waals surface area contributed by atoms with E-state index in [0.717, 1.165) is 41.1 Å². The van der Waals surface area contributed by atoms with Crippen LogP contribution in [0.4, 0.5) is 0 Å². The Bertz CT molecular complexity index is 1390. The molecule has 7 nitrogen and oxygen atoms in total. The maximum Gasteiger partial charge on any atom is 0.246 e. The van der Waals surface area contributed by atoms with E-state index in [-0.39, 0.29) is 17.2 Å². The molecule has 2 heterocycles. The number of aryl methyl sites for hydroxylation is 1. The number of nitrogens with one attached hydrogen (secondary N) is 2. The van der Waals surface area contributed by atoms with Crippen molar-refractivity contribution in [3.05, 3.63) is 76.8 Å². The predicted molar refractivity (Wildman–Crippen MR) is 139 cm³/mol. The summed E-state index contributed by atoms with van der Waals surface area (Å²) in [6.45, 7) is 8.18. The van der Waals surface area contributed by atoms with Crippen molar-refractivity contribution in [1.29, 1.82) is 0 Å². The van der Waals surface area contributed by atoms with E-state index in [1.54, 1.807) is 10.9 Å². The summed E-state index contributed by atoms with van der Waals surface area (Å²) in [6, 6.07) is 17.7. The van der Waals surface area contributed by atoms with Gasteiger partial charge in [0.25, 0.3) is 0 Å². The SMILES string of the molecule is Cc1nn(-c2ccccc2)c(Cl)c1/C=N\NC(=O)[C@]1(C)CC[C@H](c2nc3ccccc3[nH]2)C1(C)C. The third-order valence-corrected chi connectivity index (χ3v) is 8.24. The zero-order valence-corrected chi connectivity index (χ0v) is 21.1. The third-order valence-electron chi connectivity index (χ3n) is 7.87. The molecule has 2 atom stereocenters. The first-order valence-electron chi connectivity index (χ1n) is 11.8. The second-order valence-corrected chi connectivity index (χ2v) is 10.4. The molecule has 180 valence electrons. The molecule has 1 aliphatic carbocycles. The van der Waals surface area contributed by atoms with E-state index < -0.39 is 5.41 Å². The van der Waals surface area contributed by atoms with Gasteiger partial charge in [-0.3, -0.25) is 4.79 Å². The van der Waals surface area contributed by atoms with Crippen LogP contribution >= 0.6 is 11.6 Å². The lowest BCUT2D eigenvalue weighted by atomic mass is 9.65. The van der Waals surface area contributed by atoms with Crippen LogP contribution < -0.4 is 5.43 Å². The van der Waals surface area contributed by atoms with Gasteiger partial charge in [-0.15, -0.1) is 0 Å². The van der Waals surface area contributed by atoms with Crippen LogP contribution in [0.2, 0.25) is 5.15 Å². The number of aromatic nitrogens is 4. The van der Waals surface area contributed by atoms with Crippen molar-refractivity contribution in [1.82, 2.24) is 25.2 Å². The Morgan fingerprint density at radius 3 is 2.63 bits per heavy atom. The van der Waals surface area contributed by atoms with Gasteiger partial charge < -0.3 is 4.98 Å². The average Bonchev–Trinajstić information content (AvgIpc) is 3.47. The molecule has 1 fully saturated rings. The van der Waals surface area contributed by atoms with Crippen molar-refractivity contribution >= 4 is 34.8 Å². The Kier molecular flexibility index (Phi) is 5.75.